The quantitative estimate of drug-likeness (QED) is 0.559. The van der Waals surface area contributed by atoms with Crippen LogP contribution in [0.3, 0.4) is 0 Å². The fourth-order valence-electron chi connectivity index (χ4n) is 3.68. The summed E-state index contributed by atoms with van der Waals surface area (Å²) in [6.07, 6.45) is -4.86. The third-order valence-electron chi connectivity index (χ3n) is 5.03. The highest BCUT2D eigenvalue weighted by Gasteiger charge is 2.33. The largest absolute Gasteiger partial charge is 0.573 e. The van der Waals surface area contributed by atoms with E-state index in [1.807, 2.05) is 12.1 Å². The van der Waals surface area contributed by atoms with E-state index < -0.39 is 29.8 Å². The van der Waals surface area contributed by atoms with Crippen molar-refractivity contribution >= 4 is 34.2 Å². The van der Waals surface area contributed by atoms with Crippen molar-refractivity contribution in [1.29, 1.82) is 0 Å². The van der Waals surface area contributed by atoms with Crippen LogP contribution in [0, 0.1) is 0 Å². The first-order valence-corrected chi connectivity index (χ1v) is 9.77. The summed E-state index contributed by atoms with van der Waals surface area (Å²) in [5.74, 6) is -1.98. The number of rotatable bonds is 6. The van der Waals surface area contributed by atoms with Crippen molar-refractivity contribution in [3.05, 3.63) is 71.8 Å². The minimum Gasteiger partial charge on any atom is -0.404 e. The molecular formula is C23H17F3N2O4. The summed E-state index contributed by atoms with van der Waals surface area (Å²) in [5, 5.41) is 3.78. The van der Waals surface area contributed by atoms with E-state index in [0.717, 1.165) is 16.4 Å². The fraction of sp³-hybridized carbons (Fsp3) is 0.174. The van der Waals surface area contributed by atoms with Gasteiger partial charge in [0.2, 0.25) is 5.91 Å². The van der Waals surface area contributed by atoms with E-state index in [1.165, 1.54) is 18.2 Å². The Morgan fingerprint density at radius 3 is 2.16 bits per heavy atom. The van der Waals surface area contributed by atoms with E-state index >= 15 is 0 Å². The average Bonchev–Trinajstić information content (AvgIpc) is 2.74. The molecule has 0 fully saturated rings. The molecule has 0 bridgehead atoms. The van der Waals surface area contributed by atoms with Crippen LogP contribution in [0.2, 0.25) is 0 Å². The van der Waals surface area contributed by atoms with Crippen LogP contribution in [-0.2, 0) is 4.79 Å². The fourth-order valence-corrected chi connectivity index (χ4v) is 3.68. The second-order valence-electron chi connectivity index (χ2n) is 7.17. The Hall–Kier alpha value is -3.88. The number of carbonyl (C=O) groups excluding carboxylic acids is 3. The second-order valence-corrected chi connectivity index (χ2v) is 7.17. The zero-order valence-corrected chi connectivity index (χ0v) is 16.6. The Labute approximate surface area is 180 Å². The molecule has 9 heteroatoms. The molecule has 3 aromatic rings. The summed E-state index contributed by atoms with van der Waals surface area (Å²) in [5.41, 5.74) is 0.710. The van der Waals surface area contributed by atoms with Gasteiger partial charge in [-0.05, 0) is 36.1 Å². The van der Waals surface area contributed by atoms with E-state index in [9.17, 15) is 27.6 Å². The number of imide groups is 1. The molecule has 1 aliphatic heterocycles. The van der Waals surface area contributed by atoms with E-state index in [4.69, 9.17) is 0 Å². The SMILES string of the molecule is O=C(CCCN1C(=O)c2cccc3cccc(c23)C1=O)Nc1ccccc1OC(F)(F)F. The summed E-state index contributed by atoms with van der Waals surface area (Å²) in [7, 11) is 0. The number of para-hydroxylation sites is 2. The minimum atomic E-state index is -4.89. The van der Waals surface area contributed by atoms with Crippen LogP contribution in [0.15, 0.2) is 60.7 Å². The first-order valence-electron chi connectivity index (χ1n) is 9.77. The van der Waals surface area contributed by atoms with Crippen molar-refractivity contribution in [2.24, 2.45) is 0 Å². The Morgan fingerprint density at radius 2 is 1.53 bits per heavy atom. The van der Waals surface area contributed by atoms with Crippen LogP contribution >= 0.6 is 0 Å². The second kappa shape index (κ2) is 8.33. The molecule has 0 spiro atoms. The van der Waals surface area contributed by atoms with Gasteiger partial charge in [-0.2, -0.15) is 0 Å². The molecule has 0 atom stereocenters. The molecule has 4 rings (SSSR count). The highest BCUT2D eigenvalue weighted by Crippen LogP contribution is 2.31. The number of ether oxygens (including phenoxy) is 1. The zero-order chi connectivity index (χ0) is 22.9. The van der Waals surface area contributed by atoms with Gasteiger partial charge in [-0.1, -0.05) is 36.4 Å². The number of carbonyl (C=O) groups is 3. The van der Waals surface area contributed by atoms with Gasteiger partial charge in [-0.15, -0.1) is 13.2 Å². The smallest absolute Gasteiger partial charge is 0.404 e. The monoisotopic (exact) mass is 442 g/mol. The van der Waals surface area contributed by atoms with Gasteiger partial charge in [-0.25, -0.2) is 0 Å². The Morgan fingerprint density at radius 1 is 0.906 bits per heavy atom. The van der Waals surface area contributed by atoms with Gasteiger partial charge in [0, 0.05) is 29.5 Å². The standard InChI is InChI=1S/C23H17F3N2O4/c24-23(25,26)32-18-11-2-1-10-17(18)27-19(29)12-5-13-28-21(30)15-8-3-6-14-7-4-9-16(20(14)15)22(28)31/h1-4,6-11H,5,12-13H2,(H,27,29). The van der Waals surface area contributed by atoms with Gasteiger partial charge in [0.25, 0.3) is 11.8 Å². The van der Waals surface area contributed by atoms with Crippen LogP contribution < -0.4 is 10.1 Å². The molecule has 3 amide bonds. The number of anilines is 1. The number of nitrogens with one attached hydrogen (secondary N) is 1. The van der Waals surface area contributed by atoms with Crippen molar-refractivity contribution in [3.63, 3.8) is 0 Å². The van der Waals surface area contributed by atoms with Gasteiger partial charge in [-0.3, -0.25) is 19.3 Å². The van der Waals surface area contributed by atoms with Crippen molar-refractivity contribution in [2.75, 3.05) is 11.9 Å². The van der Waals surface area contributed by atoms with Gasteiger partial charge in [0.05, 0.1) is 5.69 Å². The predicted molar refractivity (Wildman–Crippen MR) is 110 cm³/mol. The molecule has 1 heterocycles. The molecule has 0 aliphatic carbocycles. The van der Waals surface area contributed by atoms with Crippen molar-refractivity contribution < 1.29 is 32.3 Å². The molecule has 6 nitrogen and oxygen atoms in total. The van der Waals surface area contributed by atoms with Crippen LogP contribution in [0.5, 0.6) is 5.75 Å². The molecule has 3 aromatic carbocycles. The van der Waals surface area contributed by atoms with E-state index in [2.05, 4.69) is 10.1 Å². The van der Waals surface area contributed by atoms with E-state index in [0.29, 0.717) is 16.5 Å². The van der Waals surface area contributed by atoms with E-state index in [-0.39, 0.29) is 25.1 Å². The molecule has 0 saturated carbocycles. The topological polar surface area (TPSA) is 75.7 Å². The first-order chi connectivity index (χ1) is 15.2. The molecule has 0 radical (unpaired) electrons. The molecule has 1 aliphatic rings. The molecule has 0 saturated heterocycles. The highest BCUT2D eigenvalue weighted by atomic mass is 19.4. The molecular weight excluding hydrogens is 425 g/mol. The molecule has 32 heavy (non-hydrogen) atoms. The van der Waals surface area contributed by atoms with Gasteiger partial charge < -0.3 is 10.1 Å². The van der Waals surface area contributed by atoms with Gasteiger partial charge in [0.1, 0.15) is 0 Å². The highest BCUT2D eigenvalue weighted by molar-refractivity contribution is 6.25. The third-order valence-corrected chi connectivity index (χ3v) is 5.03. The number of nitrogens with zero attached hydrogens (tertiary/aromatic N) is 1. The first kappa shape index (κ1) is 21.4. The predicted octanol–water partition coefficient (Wildman–Crippen LogP) is 4.75. The number of hydrogen-bond acceptors (Lipinski definition) is 4. The van der Waals surface area contributed by atoms with Crippen LogP contribution in [0.4, 0.5) is 18.9 Å². The maximum atomic E-state index is 12.8. The Kier molecular flexibility index (Phi) is 5.56. The van der Waals surface area contributed by atoms with Crippen LogP contribution in [0.25, 0.3) is 10.8 Å². The summed E-state index contributed by atoms with van der Waals surface area (Å²) in [4.78, 5) is 39.0. The maximum absolute atomic E-state index is 12.8. The molecule has 0 aromatic heterocycles. The minimum absolute atomic E-state index is 0.00347. The lowest BCUT2D eigenvalue weighted by Crippen LogP contribution is -2.41. The van der Waals surface area contributed by atoms with E-state index in [1.54, 1.807) is 24.3 Å². The summed E-state index contributed by atoms with van der Waals surface area (Å²) < 4.78 is 41.5. The van der Waals surface area contributed by atoms with Crippen molar-refractivity contribution in [3.8, 4) is 5.75 Å². The lowest BCUT2D eigenvalue weighted by atomic mass is 9.94. The lowest BCUT2D eigenvalue weighted by Gasteiger charge is -2.27. The number of amides is 3. The number of benzene rings is 3. The Balaban J connectivity index is 1.41. The van der Waals surface area contributed by atoms with Crippen molar-refractivity contribution in [2.45, 2.75) is 19.2 Å². The summed E-state index contributed by atoms with van der Waals surface area (Å²) in [6.45, 7) is -0.00347. The Bertz CT molecular complexity index is 1170. The normalized spacial score (nSPS) is 13.4. The lowest BCUT2D eigenvalue weighted by molar-refractivity contribution is -0.274. The number of halogens is 3. The zero-order valence-electron chi connectivity index (χ0n) is 16.6. The molecule has 164 valence electrons. The number of hydrogen-bond donors (Lipinski definition) is 1. The maximum Gasteiger partial charge on any atom is 0.573 e. The molecule has 0 unspecified atom stereocenters. The molecule has 1 N–H and O–H groups in total. The average molecular weight is 442 g/mol. The van der Waals surface area contributed by atoms with Crippen molar-refractivity contribution in [1.82, 2.24) is 4.90 Å². The van der Waals surface area contributed by atoms with Crippen LogP contribution in [-0.4, -0.2) is 35.5 Å². The third kappa shape index (κ3) is 4.27. The summed E-state index contributed by atoms with van der Waals surface area (Å²) >= 11 is 0. The van der Waals surface area contributed by atoms with Crippen LogP contribution in [0.1, 0.15) is 33.6 Å². The van der Waals surface area contributed by atoms with Gasteiger partial charge >= 0.3 is 6.36 Å². The van der Waals surface area contributed by atoms with Gasteiger partial charge in [0.15, 0.2) is 5.75 Å². The summed E-state index contributed by atoms with van der Waals surface area (Å²) in [6, 6.07) is 15.6. The number of alkyl halides is 3.